The normalized spacial score (nSPS) is 15.9. The summed E-state index contributed by atoms with van der Waals surface area (Å²) in [5.74, 6) is 0. The molecule has 0 atom stereocenters. The van der Waals surface area contributed by atoms with E-state index in [1.54, 1.807) is 24.3 Å². The van der Waals surface area contributed by atoms with Crippen LogP contribution in [0.1, 0.15) is 39.0 Å². The minimum absolute atomic E-state index is 0.0926. The van der Waals surface area contributed by atoms with Crippen LogP contribution < -0.4 is 4.31 Å². The van der Waals surface area contributed by atoms with E-state index >= 15 is 0 Å². The van der Waals surface area contributed by atoms with Crippen LogP contribution in [0.15, 0.2) is 64.4 Å². The Labute approximate surface area is 174 Å². The van der Waals surface area contributed by atoms with E-state index in [-0.39, 0.29) is 9.79 Å². The molecule has 0 unspecified atom stereocenters. The standard InChI is InChI=1S/C21H28N2O4S2/c1-2-3-18-23(19-10-6-4-7-11-19)29(26,27)21-14-12-20(13-15-21)28(24,25)22-16-8-5-9-17-22/h4,6-7,10-15H,2-3,5,8-9,16-18H2,1H3. The molecule has 29 heavy (non-hydrogen) atoms. The largest absolute Gasteiger partial charge is 0.266 e. The molecule has 1 heterocycles. The fourth-order valence-electron chi connectivity index (χ4n) is 3.45. The molecular formula is C21H28N2O4S2. The first-order valence-electron chi connectivity index (χ1n) is 10.1. The molecule has 0 radical (unpaired) electrons. The number of hydrogen-bond donors (Lipinski definition) is 0. The predicted octanol–water partition coefficient (Wildman–Crippen LogP) is 3.86. The highest BCUT2D eigenvalue weighted by molar-refractivity contribution is 7.92. The van der Waals surface area contributed by atoms with Crippen LogP contribution in [-0.4, -0.2) is 40.8 Å². The Morgan fingerprint density at radius 2 is 1.41 bits per heavy atom. The van der Waals surface area contributed by atoms with Gasteiger partial charge in [-0.25, -0.2) is 16.8 Å². The van der Waals surface area contributed by atoms with Crippen LogP contribution in [-0.2, 0) is 20.0 Å². The number of anilines is 1. The van der Waals surface area contributed by atoms with Gasteiger partial charge in [0.2, 0.25) is 10.0 Å². The summed E-state index contributed by atoms with van der Waals surface area (Å²) in [5.41, 5.74) is 0.603. The summed E-state index contributed by atoms with van der Waals surface area (Å²) in [5, 5.41) is 0. The van der Waals surface area contributed by atoms with Crippen molar-refractivity contribution in [1.82, 2.24) is 4.31 Å². The summed E-state index contributed by atoms with van der Waals surface area (Å²) in [6, 6.07) is 14.6. The fraction of sp³-hybridized carbons (Fsp3) is 0.429. The molecule has 0 saturated carbocycles. The van der Waals surface area contributed by atoms with Crippen molar-refractivity contribution < 1.29 is 16.8 Å². The predicted molar refractivity (Wildman–Crippen MR) is 115 cm³/mol. The minimum Gasteiger partial charge on any atom is -0.266 e. The lowest BCUT2D eigenvalue weighted by Gasteiger charge is -2.26. The van der Waals surface area contributed by atoms with Crippen LogP contribution in [0.25, 0.3) is 0 Å². The average Bonchev–Trinajstić information content (AvgIpc) is 2.75. The summed E-state index contributed by atoms with van der Waals surface area (Å²) in [6.07, 6.45) is 4.35. The molecule has 1 aliphatic rings. The van der Waals surface area contributed by atoms with Gasteiger partial charge in [-0.1, -0.05) is 38.0 Å². The maximum atomic E-state index is 13.3. The van der Waals surface area contributed by atoms with E-state index in [2.05, 4.69) is 0 Å². The van der Waals surface area contributed by atoms with E-state index in [1.165, 1.54) is 32.9 Å². The Morgan fingerprint density at radius 3 is 2.00 bits per heavy atom. The Morgan fingerprint density at radius 1 is 0.828 bits per heavy atom. The third-order valence-electron chi connectivity index (χ3n) is 5.12. The Balaban J connectivity index is 1.90. The average molecular weight is 437 g/mol. The molecule has 1 aliphatic heterocycles. The second-order valence-corrected chi connectivity index (χ2v) is 11.0. The van der Waals surface area contributed by atoms with E-state index in [0.29, 0.717) is 25.3 Å². The molecule has 8 heteroatoms. The topological polar surface area (TPSA) is 74.8 Å². The van der Waals surface area contributed by atoms with Crippen molar-refractivity contribution >= 4 is 25.7 Å². The van der Waals surface area contributed by atoms with Gasteiger partial charge in [0.05, 0.1) is 15.5 Å². The minimum atomic E-state index is -3.79. The molecular weight excluding hydrogens is 408 g/mol. The van der Waals surface area contributed by atoms with Crippen LogP contribution in [0.2, 0.25) is 0 Å². The molecule has 2 aromatic rings. The Kier molecular flexibility index (Phi) is 6.97. The van der Waals surface area contributed by atoms with Crippen molar-refractivity contribution in [1.29, 1.82) is 0 Å². The van der Waals surface area contributed by atoms with Gasteiger partial charge in [-0.3, -0.25) is 4.31 Å². The molecule has 0 spiro atoms. The first-order chi connectivity index (χ1) is 13.9. The van der Waals surface area contributed by atoms with E-state index < -0.39 is 20.0 Å². The molecule has 6 nitrogen and oxygen atoms in total. The van der Waals surface area contributed by atoms with Crippen molar-refractivity contribution in [3.05, 3.63) is 54.6 Å². The molecule has 0 aromatic heterocycles. The number of sulfonamides is 2. The number of hydrogen-bond acceptors (Lipinski definition) is 4. The lowest BCUT2D eigenvalue weighted by molar-refractivity contribution is 0.346. The van der Waals surface area contributed by atoms with Gasteiger partial charge in [0.25, 0.3) is 10.0 Å². The number of benzene rings is 2. The third kappa shape index (κ3) is 4.82. The number of piperidine rings is 1. The van der Waals surface area contributed by atoms with Gasteiger partial charge in [-0.2, -0.15) is 4.31 Å². The quantitative estimate of drug-likeness (QED) is 0.630. The van der Waals surface area contributed by atoms with E-state index in [4.69, 9.17) is 0 Å². The van der Waals surface area contributed by atoms with Crippen molar-refractivity contribution in [3.63, 3.8) is 0 Å². The van der Waals surface area contributed by atoms with Gasteiger partial charge >= 0.3 is 0 Å². The number of rotatable bonds is 8. The number of nitrogens with zero attached hydrogens (tertiary/aromatic N) is 2. The van der Waals surface area contributed by atoms with Gasteiger partial charge in [0.15, 0.2) is 0 Å². The number of unbranched alkanes of at least 4 members (excludes halogenated alkanes) is 1. The molecule has 158 valence electrons. The molecule has 0 amide bonds. The zero-order chi connectivity index (χ0) is 20.9. The van der Waals surface area contributed by atoms with Gasteiger partial charge in [0, 0.05) is 19.6 Å². The van der Waals surface area contributed by atoms with Crippen LogP contribution in [0, 0.1) is 0 Å². The van der Waals surface area contributed by atoms with Gasteiger partial charge in [-0.05, 0) is 55.7 Å². The van der Waals surface area contributed by atoms with Crippen LogP contribution >= 0.6 is 0 Å². The van der Waals surface area contributed by atoms with Crippen molar-refractivity contribution in [2.75, 3.05) is 23.9 Å². The summed E-state index contributed by atoms with van der Waals surface area (Å²) >= 11 is 0. The first-order valence-corrected chi connectivity index (χ1v) is 12.9. The Bertz CT molecular complexity index is 998. The smallest absolute Gasteiger partial charge is 0.264 e. The van der Waals surface area contributed by atoms with Crippen LogP contribution in [0.5, 0.6) is 0 Å². The summed E-state index contributed by atoms with van der Waals surface area (Å²) in [7, 11) is -7.37. The molecule has 3 rings (SSSR count). The molecule has 0 aliphatic carbocycles. The zero-order valence-corrected chi connectivity index (χ0v) is 18.3. The molecule has 0 bridgehead atoms. The van der Waals surface area contributed by atoms with Crippen molar-refractivity contribution in [3.8, 4) is 0 Å². The second kappa shape index (κ2) is 9.28. The third-order valence-corrected chi connectivity index (χ3v) is 8.88. The van der Waals surface area contributed by atoms with E-state index in [0.717, 1.165) is 32.1 Å². The van der Waals surface area contributed by atoms with Gasteiger partial charge < -0.3 is 0 Å². The second-order valence-electron chi connectivity index (χ2n) is 7.20. The van der Waals surface area contributed by atoms with E-state index in [1.807, 2.05) is 13.0 Å². The maximum Gasteiger partial charge on any atom is 0.264 e. The summed E-state index contributed by atoms with van der Waals surface area (Å²) in [4.78, 5) is 0.230. The highest BCUT2D eigenvalue weighted by atomic mass is 32.2. The molecule has 1 saturated heterocycles. The fourth-order valence-corrected chi connectivity index (χ4v) is 6.47. The lowest BCUT2D eigenvalue weighted by Crippen LogP contribution is -2.35. The monoisotopic (exact) mass is 436 g/mol. The maximum absolute atomic E-state index is 13.3. The SMILES string of the molecule is CCCCN(c1ccccc1)S(=O)(=O)c1ccc(S(=O)(=O)N2CCCCC2)cc1. The zero-order valence-electron chi connectivity index (χ0n) is 16.7. The summed E-state index contributed by atoms with van der Waals surface area (Å²) < 4.78 is 55.0. The highest BCUT2D eigenvalue weighted by Crippen LogP contribution is 2.26. The Hall–Kier alpha value is -1.90. The van der Waals surface area contributed by atoms with Crippen LogP contribution in [0.4, 0.5) is 5.69 Å². The summed E-state index contributed by atoms with van der Waals surface area (Å²) in [6.45, 7) is 3.41. The lowest BCUT2D eigenvalue weighted by atomic mass is 10.2. The molecule has 0 N–H and O–H groups in total. The first kappa shape index (κ1) is 21.8. The van der Waals surface area contributed by atoms with Gasteiger partial charge in [-0.15, -0.1) is 0 Å². The van der Waals surface area contributed by atoms with Crippen LogP contribution in [0.3, 0.4) is 0 Å². The number of para-hydroxylation sites is 1. The molecule has 2 aromatic carbocycles. The van der Waals surface area contributed by atoms with Crippen molar-refractivity contribution in [2.24, 2.45) is 0 Å². The highest BCUT2D eigenvalue weighted by Gasteiger charge is 2.28. The molecule has 1 fully saturated rings. The van der Waals surface area contributed by atoms with Gasteiger partial charge in [0.1, 0.15) is 0 Å². The van der Waals surface area contributed by atoms with E-state index in [9.17, 15) is 16.8 Å². The van der Waals surface area contributed by atoms with Crippen molar-refractivity contribution in [2.45, 2.75) is 48.8 Å².